The number of thioether (sulfide) groups is 1. The molecule has 22 heavy (non-hydrogen) atoms. The van der Waals surface area contributed by atoms with E-state index in [9.17, 15) is 0 Å². The van der Waals surface area contributed by atoms with Crippen LogP contribution >= 0.6 is 23.4 Å². The summed E-state index contributed by atoms with van der Waals surface area (Å²) in [5.74, 6) is 2.61. The molecule has 118 valence electrons. The van der Waals surface area contributed by atoms with Crippen molar-refractivity contribution in [1.29, 1.82) is 0 Å². The molecule has 1 heterocycles. The van der Waals surface area contributed by atoms with E-state index in [1.54, 1.807) is 11.8 Å². The molecule has 0 unspecified atom stereocenters. The van der Waals surface area contributed by atoms with Crippen LogP contribution in [-0.4, -0.2) is 14.8 Å². The molecule has 0 saturated heterocycles. The fourth-order valence-electron chi connectivity index (χ4n) is 3.12. The zero-order valence-electron chi connectivity index (χ0n) is 13.0. The topological polar surface area (TPSA) is 30.7 Å². The molecule has 0 N–H and O–H groups in total. The van der Waals surface area contributed by atoms with Gasteiger partial charge in [-0.2, -0.15) is 0 Å². The van der Waals surface area contributed by atoms with Gasteiger partial charge in [0.25, 0.3) is 0 Å². The summed E-state index contributed by atoms with van der Waals surface area (Å²) < 4.78 is 2.29. The normalized spacial score (nSPS) is 16.1. The fraction of sp³-hybridized carbons (Fsp3) is 0.529. The molecule has 0 bridgehead atoms. The molecule has 2 aromatic rings. The van der Waals surface area contributed by atoms with Gasteiger partial charge in [-0.25, -0.2) is 0 Å². The molecule has 3 nitrogen and oxygen atoms in total. The summed E-state index contributed by atoms with van der Waals surface area (Å²) in [6, 6.07) is 8.01. The van der Waals surface area contributed by atoms with Crippen LogP contribution in [0.4, 0.5) is 0 Å². The Kier molecular flexibility index (Phi) is 5.42. The van der Waals surface area contributed by atoms with Crippen molar-refractivity contribution in [2.75, 3.05) is 0 Å². The van der Waals surface area contributed by atoms with Crippen LogP contribution in [0.5, 0.6) is 0 Å². The third-order valence-corrected chi connectivity index (χ3v) is 5.73. The summed E-state index contributed by atoms with van der Waals surface area (Å²) in [4.78, 5) is 0. The Hall–Kier alpha value is -1.00. The van der Waals surface area contributed by atoms with Crippen LogP contribution in [0.1, 0.15) is 56.3 Å². The second kappa shape index (κ2) is 7.51. The molecule has 5 heteroatoms. The first kappa shape index (κ1) is 15.9. The van der Waals surface area contributed by atoms with Crippen LogP contribution in [-0.2, 0) is 12.3 Å². The summed E-state index contributed by atoms with van der Waals surface area (Å²) in [5.41, 5.74) is 1.15. The van der Waals surface area contributed by atoms with Gasteiger partial charge in [0.15, 0.2) is 5.16 Å². The lowest BCUT2D eigenvalue weighted by Gasteiger charge is -2.21. The van der Waals surface area contributed by atoms with E-state index in [0.717, 1.165) is 28.0 Å². The molecule has 1 saturated carbocycles. The molecule has 1 aromatic heterocycles. The summed E-state index contributed by atoms with van der Waals surface area (Å²) in [7, 11) is 0. The van der Waals surface area contributed by atoms with Gasteiger partial charge in [0.1, 0.15) is 5.82 Å². The highest BCUT2D eigenvalue weighted by atomic mass is 35.5. The predicted octanol–water partition coefficient (Wildman–Crippen LogP) is 5.29. The number of aromatic nitrogens is 3. The quantitative estimate of drug-likeness (QED) is 0.695. The van der Waals surface area contributed by atoms with E-state index < -0.39 is 0 Å². The van der Waals surface area contributed by atoms with Crippen molar-refractivity contribution in [3.05, 3.63) is 40.7 Å². The number of hydrogen-bond acceptors (Lipinski definition) is 3. The monoisotopic (exact) mass is 335 g/mol. The van der Waals surface area contributed by atoms with Gasteiger partial charge in [-0.05, 0) is 31.4 Å². The smallest absolute Gasteiger partial charge is 0.191 e. The van der Waals surface area contributed by atoms with E-state index in [1.165, 1.54) is 37.9 Å². The molecule has 1 aliphatic rings. The van der Waals surface area contributed by atoms with Gasteiger partial charge in [-0.15, -0.1) is 10.2 Å². The SMILES string of the molecule is CCn1c(SCc2ccccc2Cl)nnc1C1CCCCC1. The molecule has 1 aromatic carbocycles. The average Bonchev–Trinajstić information content (AvgIpc) is 2.98. The molecule has 0 spiro atoms. The molecule has 0 atom stereocenters. The van der Waals surface area contributed by atoms with Gasteiger partial charge in [0.2, 0.25) is 0 Å². The maximum absolute atomic E-state index is 6.23. The fourth-order valence-corrected chi connectivity index (χ4v) is 4.42. The first-order chi connectivity index (χ1) is 10.8. The highest BCUT2D eigenvalue weighted by Gasteiger charge is 2.22. The summed E-state index contributed by atoms with van der Waals surface area (Å²) in [5, 5.41) is 10.8. The molecule has 0 amide bonds. The maximum atomic E-state index is 6.23. The number of hydrogen-bond donors (Lipinski definition) is 0. The van der Waals surface area contributed by atoms with Gasteiger partial charge in [0, 0.05) is 23.2 Å². The van der Waals surface area contributed by atoms with Gasteiger partial charge in [0.05, 0.1) is 0 Å². The third kappa shape index (κ3) is 3.49. The summed E-state index contributed by atoms with van der Waals surface area (Å²) in [6.45, 7) is 3.11. The molecular formula is C17H22ClN3S. The van der Waals surface area contributed by atoms with Crippen molar-refractivity contribution in [1.82, 2.24) is 14.8 Å². The van der Waals surface area contributed by atoms with Crippen LogP contribution in [0, 0.1) is 0 Å². The van der Waals surface area contributed by atoms with E-state index in [1.807, 2.05) is 18.2 Å². The van der Waals surface area contributed by atoms with Crippen LogP contribution in [0.25, 0.3) is 0 Å². The minimum Gasteiger partial charge on any atom is -0.306 e. The average molecular weight is 336 g/mol. The van der Waals surface area contributed by atoms with Crippen LogP contribution in [0.3, 0.4) is 0 Å². The lowest BCUT2D eigenvalue weighted by Crippen LogP contribution is -2.12. The highest BCUT2D eigenvalue weighted by Crippen LogP contribution is 2.34. The Balaban J connectivity index is 1.74. The third-order valence-electron chi connectivity index (χ3n) is 4.35. The Labute approximate surface area is 141 Å². The van der Waals surface area contributed by atoms with Crippen LogP contribution < -0.4 is 0 Å². The standard InChI is InChI=1S/C17H22ClN3S/c1-2-21-16(13-8-4-3-5-9-13)19-20-17(21)22-12-14-10-6-7-11-15(14)18/h6-7,10-11,13H,2-5,8-9,12H2,1H3. The van der Waals surface area contributed by atoms with E-state index in [-0.39, 0.29) is 0 Å². The van der Waals surface area contributed by atoms with E-state index in [0.29, 0.717) is 5.92 Å². The zero-order valence-corrected chi connectivity index (χ0v) is 14.5. The summed E-state index contributed by atoms with van der Waals surface area (Å²) >= 11 is 7.96. The second-order valence-electron chi connectivity index (χ2n) is 5.80. The number of rotatable bonds is 5. The molecule has 0 aliphatic heterocycles. The van der Waals surface area contributed by atoms with E-state index in [2.05, 4.69) is 27.8 Å². The lowest BCUT2D eigenvalue weighted by molar-refractivity contribution is 0.413. The second-order valence-corrected chi connectivity index (χ2v) is 7.15. The molecule has 3 rings (SSSR count). The van der Waals surface area contributed by atoms with Crippen molar-refractivity contribution in [3.63, 3.8) is 0 Å². The van der Waals surface area contributed by atoms with Gasteiger partial charge in [-0.1, -0.05) is 60.8 Å². The molecular weight excluding hydrogens is 314 g/mol. The highest BCUT2D eigenvalue weighted by molar-refractivity contribution is 7.98. The van der Waals surface area contributed by atoms with E-state index >= 15 is 0 Å². The van der Waals surface area contributed by atoms with Crippen molar-refractivity contribution in [2.45, 2.75) is 62.4 Å². The van der Waals surface area contributed by atoms with Crippen molar-refractivity contribution < 1.29 is 0 Å². The number of nitrogens with zero attached hydrogens (tertiary/aromatic N) is 3. The van der Waals surface area contributed by atoms with Crippen molar-refractivity contribution in [3.8, 4) is 0 Å². The molecule has 1 aliphatic carbocycles. The first-order valence-corrected chi connectivity index (χ1v) is 9.45. The van der Waals surface area contributed by atoms with Crippen molar-refractivity contribution >= 4 is 23.4 Å². The van der Waals surface area contributed by atoms with Gasteiger partial charge >= 0.3 is 0 Å². The molecule has 0 radical (unpaired) electrons. The van der Waals surface area contributed by atoms with Crippen LogP contribution in [0.15, 0.2) is 29.4 Å². The van der Waals surface area contributed by atoms with Crippen molar-refractivity contribution in [2.24, 2.45) is 0 Å². The largest absolute Gasteiger partial charge is 0.306 e. The predicted molar refractivity (Wildman–Crippen MR) is 92.5 cm³/mol. The maximum Gasteiger partial charge on any atom is 0.191 e. The summed E-state index contributed by atoms with van der Waals surface area (Å²) in [6.07, 6.45) is 6.53. The number of halogens is 1. The Morgan fingerprint density at radius 3 is 2.68 bits per heavy atom. The minimum atomic E-state index is 0.593. The molecule has 1 fully saturated rings. The lowest BCUT2D eigenvalue weighted by atomic mass is 9.89. The Morgan fingerprint density at radius 1 is 1.18 bits per heavy atom. The van der Waals surface area contributed by atoms with Gasteiger partial charge < -0.3 is 4.57 Å². The van der Waals surface area contributed by atoms with Gasteiger partial charge in [-0.3, -0.25) is 0 Å². The van der Waals surface area contributed by atoms with E-state index in [4.69, 9.17) is 11.6 Å². The first-order valence-electron chi connectivity index (χ1n) is 8.09. The van der Waals surface area contributed by atoms with Crippen LogP contribution in [0.2, 0.25) is 5.02 Å². The zero-order chi connectivity index (χ0) is 15.4. The Morgan fingerprint density at radius 2 is 1.95 bits per heavy atom. The Bertz CT molecular complexity index is 620. The minimum absolute atomic E-state index is 0.593. The number of benzene rings is 1.